The zero-order valence-corrected chi connectivity index (χ0v) is 24.4. The van der Waals surface area contributed by atoms with Crippen LogP contribution in [-0.2, 0) is 38.8 Å². The fraction of sp³-hybridized carbons (Fsp3) is 0.375. The normalized spacial score (nSPS) is 22.5. The minimum Gasteiger partial charge on any atom is -0.374 e. The fourth-order valence-electron chi connectivity index (χ4n) is 4.45. The predicted octanol–water partition coefficient (Wildman–Crippen LogP) is 6.70. The van der Waals surface area contributed by atoms with Gasteiger partial charge in [-0.15, -0.1) is 5.54 Å². The molecule has 0 aliphatic carbocycles. The van der Waals surface area contributed by atoms with Crippen LogP contribution in [0.3, 0.4) is 0 Å². The summed E-state index contributed by atoms with van der Waals surface area (Å²) in [6.07, 6.45) is -2.29. The molecule has 1 heterocycles. The van der Waals surface area contributed by atoms with E-state index < -0.39 is 38.5 Å². The van der Waals surface area contributed by atoms with Crippen LogP contribution in [0.5, 0.6) is 0 Å². The van der Waals surface area contributed by atoms with Gasteiger partial charge < -0.3 is 18.9 Å². The first-order chi connectivity index (χ1) is 19.4. The van der Waals surface area contributed by atoms with E-state index in [2.05, 4.69) is 41.1 Å². The smallest absolute Gasteiger partial charge is 0.129 e. The molecule has 3 aromatic carbocycles. The van der Waals surface area contributed by atoms with Crippen LogP contribution < -0.4 is 0 Å². The molecule has 3 aromatic rings. The van der Waals surface area contributed by atoms with E-state index >= 15 is 0 Å². The molecule has 1 fully saturated rings. The van der Waals surface area contributed by atoms with Crippen molar-refractivity contribution in [2.75, 3.05) is 6.61 Å². The van der Waals surface area contributed by atoms with Gasteiger partial charge in [-0.25, -0.2) is 0 Å². The molecule has 208 valence electrons. The van der Waals surface area contributed by atoms with Crippen molar-refractivity contribution in [3.8, 4) is 11.5 Å². The van der Waals surface area contributed by atoms with Crippen molar-refractivity contribution in [1.82, 2.24) is 0 Å². The lowest BCUT2D eigenvalue weighted by Gasteiger charge is -2.43. The lowest BCUT2D eigenvalue weighted by molar-refractivity contribution is -0.217. The topological polar surface area (TPSA) is 85.7 Å². The largest absolute Gasteiger partial charge is 0.374 e. The highest BCUT2D eigenvalue weighted by Crippen LogP contribution is 2.30. The van der Waals surface area contributed by atoms with E-state index in [-0.39, 0.29) is 6.61 Å². The predicted molar refractivity (Wildman–Crippen MR) is 159 cm³/mol. The van der Waals surface area contributed by atoms with Crippen LogP contribution in [0, 0.1) is 11.5 Å². The Kier molecular flexibility index (Phi) is 11.0. The van der Waals surface area contributed by atoms with E-state index in [1.807, 2.05) is 91.0 Å². The number of nitrogens with zero attached hydrogens (tertiary/aromatic N) is 3. The molecule has 0 N–H and O–H groups in total. The lowest BCUT2D eigenvalue weighted by atomic mass is 9.93. The summed E-state index contributed by atoms with van der Waals surface area (Å²) in [5.41, 5.74) is 16.0. The summed E-state index contributed by atoms with van der Waals surface area (Å²) in [5, 5.41) is 4.15. The molecule has 1 aliphatic rings. The number of hydrogen-bond acceptors (Lipinski definition) is 5. The average Bonchev–Trinajstić information content (AvgIpc) is 2.96. The fourth-order valence-corrected chi connectivity index (χ4v) is 5.02. The maximum Gasteiger partial charge on any atom is 0.129 e. The molecule has 0 spiro atoms. The minimum absolute atomic E-state index is 0.271. The second-order valence-electron chi connectivity index (χ2n) is 10.8. The monoisotopic (exact) mass is 555 g/mol. The second-order valence-corrected chi connectivity index (χ2v) is 15.6. The van der Waals surface area contributed by atoms with Crippen LogP contribution in [0.15, 0.2) is 96.1 Å². The van der Waals surface area contributed by atoms with Gasteiger partial charge in [0.15, 0.2) is 0 Å². The molecule has 8 heteroatoms. The molecule has 7 nitrogen and oxygen atoms in total. The van der Waals surface area contributed by atoms with Gasteiger partial charge in [-0.05, 0) is 22.2 Å². The molecular formula is C32H37N3O4Si. The molecule has 1 aliphatic heterocycles. The van der Waals surface area contributed by atoms with E-state index in [1.54, 1.807) is 0 Å². The lowest BCUT2D eigenvalue weighted by Crippen LogP contribution is -2.59. The summed E-state index contributed by atoms with van der Waals surface area (Å²) in [7, 11) is -1.73. The van der Waals surface area contributed by atoms with Crippen molar-refractivity contribution in [1.29, 1.82) is 0 Å². The Morgan fingerprint density at radius 3 is 1.77 bits per heavy atom. The van der Waals surface area contributed by atoms with Gasteiger partial charge in [-0.3, -0.25) is 0 Å². The first kappa shape index (κ1) is 29.6. The molecule has 40 heavy (non-hydrogen) atoms. The highest BCUT2D eigenvalue weighted by Gasteiger charge is 2.47. The molecule has 0 saturated carbocycles. The average molecular weight is 556 g/mol. The Morgan fingerprint density at radius 2 is 1.27 bits per heavy atom. The summed E-state index contributed by atoms with van der Waals surface area (Å²) < 4.78 is 25.7. The molecule has 4 rings (SSSR count). The number of hydrogen-bond donors (Lipinski definition) is 0. The number of azide groups is 1. The van der Waals surface area contributed by atoms with Gasteiger partial charge in [0.2, 0.25) is 0 Å². The van der Waals surface area contributed by atoms with Gasteiger partial charge in [0, 0.05) is 4.91 Å². The Bertz CT molecular complexity index is 1290. The van der Waals surface area contributed by atoms with E-state index in [0.29, 0.717) is 19.8 Å². The van der Waals surface area contributed by atoms with E-state index in [0.717, 1.165) is 16.7 Å². The van der Waals surface area contributed by atoms with Crippen molar-refractivity contribution < 1.29 is 18.9 Å². The number of ether oxygens (including phenoxy) is 4. The van der Waals surface area contributed by atoms with Crippen LogP contribution in [-0.4, -0.2) is 45.1 Å². The van der Waals surface area contributed by atoms with Crippen molar-refractivity contribution >= 4 is 8.07 Å². The molecule has 0 amide bonds. The van der Waals surface area contributed by atoms with Crippen LogP contribution in [0.25, 0.3) is 10.4 Å². The number of benzene rings is 3. The molecule has 0 aromatic heterocycles. The first-order valence-electron chi connectivity index (χ1n) is 13.6. The molecule has 0 bridgehead atoms. The molecule has 0 radical (unpaired) electrons. The highest BCUT2D eigenvalue weighted by atomic mass is 28.3. The number of rotatable bonds is 11. The second kappa shape index (κ2) is 14.8. The molecule has 2 unspecified atom stereocenters. The zero-order chi connectivity index (χ0) is 28.2. The van der Waals surface area contributed by atoms with E-state index in [1.165, 1.54) is 0 Å². The van der Waals surface area contributed by atoms with Gasteiger partial charge in [0.05, 0.1) is 32.5 Å². The van der Waals surface area contributed by atoms with Crippen molar-refractivity contribution in [2.45, 2.75) is 69.9 Å². The van der Waals surface area contributed by atoms with Gasteiger partial charge in [0.1, 0.15) is 32.4 Å². The standard InChI is InChI=1S/C32H37N3O4Si/c1-40(2,3)20-19-28-30(34-35-33)32(38-23-27-17-11-6-12-18-27)31(37-22-26-15-9-5-10-16-26)29(39-28)24-36-21-25-13-7-4-8-14-25/h4-18,28-32H,21-24H2,1-3H3/t28-,29?,30?,31+,32-/m0/s1. The van der Waals surface area contributed by atoms with Crippen molar-refractivity contribution in [3.05, 3.63) is 118 Å². The quantitative estimate of drug-likeness (QED) is 0.0866. The molecular weight excluding hydrogens is 518 g/mol. The summed E-state index contributed by atoms with van der Waals surface area (Å²) in [5.74, 6) is 3.29. The third-order valence-electron chi connectivity index (χ3n) is 6.40. The van der Waals surface area contributed by atoms with Gasteiger partial charge in [-0.1, -0.05) is 122 Å². The molecule has 5 atom stereocenters. The van der Waals surface area contributed by atoms with Crippen molar-refractivity contribution in [3.63, 3.8) is 0 Å². The Hall–Kier alpha value is -3.41. The van der Waals surface area contributed by atoms with Gasteiger partial charge >= 0.3 is 0 Å². The zero-order valence-electron chi connectivity index (χ0n) is 23.4. The molecule has 1 saturated heterocycles. The summed E-state index contributed by atoms with van der Waals surface area (Å²) in [6.45, 7) is 7.90. The van der Waals surface area contributed by atoms with Crippen LogP contribution in [0.1, 0.15) is 16.7 Å². The van der Waals surface area contributed by atoms with Crippen molar-refractivity contribution in [2.24, 2.45) is 5.11 Å². The maximum absolute atomic E-state index is 9.54. The Balaban J connectivity index is 1.63. The third kappa shape index (κ3) is 9.07. The van der Waals surface area contributed by atoms with Gasteiger partial charge in [-0.2, -0.15) is 0 Å². The maximum atomic E-state index is 9.54. The third-order valence-corrected chi connectivity index (χ3v) is 7.29. The SMILES string of the molecule is C[Si](C)(C)C#C[C@@H]1OC(COCc2ccccc2)[C@@H](OCc2ccccc2)[C@@H](OCc2ccccc2)C1N=[N+]=[N-]. The van der Waals surface area contributed by atoms with Crippen LogP contribution in [0.4, 0.5) is 0 Å². The van der Waals surface area contributed by atoms with E-state index in [9.17, 15) is 5.53 Å². The van der Waals surface area contributed by atoms with Gasteiger partial charge in [0.25, 0.3) is 0 Å². The summed E-state index contributed by atoms with van der Waals surface area (Å²) in [6, 6.07) is 29.2. The minimum atomic E-state index is -1.73. The highest BCUT2D eigenvalue weighted by molar-refractivity contribution is 6.83. The Morgan fingerprint density at radius 1 is 0.775 bits per heavy atom. The Labute approximate surface area is 238 Å². The first-order valence-corrected chi connectivity index (χ1v) is 17.1. The van der Waals surface area contributed by atoms with Crippen LogP contribution in [0.2, 0.25) is 19.6 Å². The van der Waals surface area contributed by atoms with E-state index in [4.69, 9.17) is 18.9 Å². The summed E-state index contributed by atoms with van der Waals surface area (Å²) >= 11 is 0. The van der Waals surface area contributed by atoms with Crippen LogP contribution >= 0.6 is 0 Å². The summed E-state index contributed by atoms with van der Waals surface area (Å²) in [4.78, 5) is 3.16.